The second-order valence-electron chi connectivity index (χ2n) is 7.04. The molecule has 27 heavy (non-hydrogen) atoms. The molecule has 4 aromatic rings. The van der Waals surface area contributed by atoms with Crippen LogP contribution in [-0.2, 0) is 5.41 Å². The SMILES string of the molecule is CC(c1ccccc1)C(c1ccccc1)(c1ccccc1)c1ccccc1. The quantitative estimate of drug-likeness (QED) is 0.347. The third kappa shape index (κ3) is 3.08. The molecular formula is C27H24. The highest BCUT2D eigenvalue weighted by Crippen LogP contribution is 2.49. The van der Waals surface area contributed by atoms with Crippen molar-refractivity contribution in [1.82, 2.24) is 0 Å². The van der Waals surface area contributed by atoms with Gasteiger partial charge in [0.15, 0.2) is 0 Å². The summed E-state index contributed by atoms with van der Waals surface area (Å²) in [6.45, 7) is 2.35. The molecule has 0 aliphatic heterocycles. The number of benzene rings is 4. The van der Waals surface area contributed by atoms with Gasteiger partial charge >= 0.3 is 0 Å². The molecule has 0 aliphatic carbocycles. The Morgan fingerprint density at radius 2 is 0.741 bits per heavy atom. The van der Waals surface area contributed by atoms with Crippen LogP contribution in [0.4, 0.5) is 0 Å². The van der Waals surface area contributed by atoms with Gasteiger partial charge in [0.1, 0.15) is 0 Å². The topological polar surface area (TPSA) is 0 Å². The highest BCUT2D eigenvalue weighted by Gasteiger charge is 2.41. The molecular weight excluding hydrogens is 324 g/mol. The van der Waals surface area contributed by atoms with Gasteiger partial charge in [-0.2, -0.15) is 0 Å². The van der Waals surface area contributed by atoms with Crippen LogP contribution >= 0.6 is 0 Å². The Hall–Kier alpha value is -3.12. The summed E-state index contributed by atoms with van der Waals surface area (Å²) in [6.07, 6.45) is 0. The fourth-order valence-electron chi connectivity index (χ4n) is 4.34. The van der Waals surface area contributed by atoms with Gasteiger partial charge in [-0.15, -0.1) is 0 Å². The van der Waals surface area contributed by atoms with Crippen molar-refractivity contribution in [3.63, 3.8) is 0 Å². The van der Waals surface area contributed by atoms with Crippen LogP contribution in [0.5, 0.6) is 0 Å². The van der Waals surface area contributed by atoms with Gasteiger partial charge in [0.25, 0.3) is 0 Å². The summed E-state index contributed by atoms with van der Waals surface area (Å²) in [5.74, 6) is 0.269. The predicted octanol–water partition coefficient (Wildman–Crippen LogP) is 6.82. The monoisotopic (exact) mass is 348 g/mol. The molecule has 4 rings (SSSR count). The normalized spacial score (nSPS) is 12.5. The third-order valence-electron chi connectivity index (χ3n) is 5.64. The van der Waals surface area contributed by atoms with E-state index in [4.69, 9.17) is 0 Å². The van der Waals surface area contributed by atoms with E-state index in [1.165, 1.54) is 22.3 Å². The zero-order valence-electron chi connectivity index (χ0n) is 15.6. The van der Waals surface area contributed by atoms with E-state index >= 15 is 0 Å². The van der Waals surface area contributed by atoms with Crippen molar-refractivity contribution in [2.24, 2.45) is 0 Å². The van der Waals surface area contributed by atoms with Gasteiger partial charge in [-0.05, 0) is 28.2 Å². The molecule has 0 heteroatoms. The van der Waals surface area contributed by atoms with Gasteiger partial charge < -0.3 is 0 Å². The van der Waals surface area contributed by atoms with Crippen molar-refractivity contribution >= 4 is 0 Å². The Morgan fingerprint density at radius 1 is 0.444 bits per heavy atom. The van der Waals surface area contributed by atoms with E-state index in [1.54, 1.807) is 0 Å². The first-order valence-electron chi connectivity index (χ1n) is 9.55. The minimum atomic E-state index is -0.259. The van der Waals surface area contributed by atoms with E-state index in [9.17, 15) is 0 Å². The lowest BCUT2D eigenvalue weighted by molar-refractivity contribution is 0.511. The lowest BCUT2D eigenvalue weighted by Gasteiger charge is -2.41. The van der Waals surface area contributed by atoms with Crippen molar-refractivity contribution in [2.75, 3.05) is 0 Å². The average Bonchev–Trinajstić information content (AvgIpc) is 2.77. The first-order valence-corrected chi connectivity index (χ1v) is 9.55. The smallest absolute Gasteiger partial charge is 0.0516 e. The fourth-order valence-corrected chi connectivity index (χ4v) is 4.34. The molecule has 0 saturated carbocycles. The van der Waals surface area contributed by atoms with Crippen LogP contribution in [-0.4, -0.2) is 0 Å². The standard InChI is InChI=1S/C27H24/c1-22(23-14-6-2-7-15-23)27(24-16-8-3-9-17-24,25-18-10-4-11-19-25)26-20-12-5-13-21-26/h2-22H,1H3. The maximum absolute atomic E-state index is 2.35. The van der Waals surface area contributed by atoms with Crippen LogP contribution in [0.15, 0.2) is 121 Å². The van der Waals surface area contributed by atoms with Gasteiger partial charge in [0.05, 0.1) is 5.41 Å². The molecule has 0 fully saturated rings. The molecule has 0 spiro atoms. The molecule has 1 unspecified atom stereocenters. The molecule has 0 aliphatic rings. The second kappa shape index (κ2) is 7.63. The molecule has 0 saturated heterocycles. The van der Waals surface area contributed by atoms with E-state index in [1.807, 2.05) is 0 Å². The van der Waals surface area contributed by atoms with Crippen molar-refractivity contribution in [3.05, 3.63) is 144 Å². The maximum Gasteiger partial charge on any atom is 0.0516 e. The predicted molar refractivity (Wildman–Crippen MR) is 114 cm³/mol. The summed E-state index contributed by atoms with van der Waals surface area (Å²) in [7, 11) is 0. The molecule has 4 aromatic carbocycles. The Labute approximate surface area is 162 Å². The van der Waals surface area contributed by atoms with Crippen LogP contribution in [0.1, 0.15) is 35.1 Å². The lowest BCUT2D eigenvalue weighted by Crippen LogP contribution is -2.35. The summed E-state index contributed by atoms with van der Waals surface area (Å²) in [5, 5.41) is 0. The van der Waals surface area contributed by atoms with Gasteiger partial charge in [-0.25, -0.2) is 0 Å². The maximum atomic E-state index is 2.35. The van der Waals surface area contributed by atoms with Crippen LogP contribution in [0, 0.1) is 0 Å². The molecule has 0 nitrogen and oxygen atoms in total. The van der Waals surface area contributed by atoms with E-state index in [0.717, 1.165) is 0 Å². The zero-order valence-corrected chi connectivity index (χ0v) is 15.6. The molecule has 1 atom stereocenters. The van der Waals surface area contributed by atoms with Crippen LogP contribution in [0.2, 0.25) is 0 Å². The molecule has 132 valence electrons. The van der Waals surface area contributed by atoms with Crippen LogP contribution < -0.4 is 0 Å². The highest BCUT2D eigenvalue weighted by molar-refractivity contribution is 5.54. The van der Waals surface area contributed by atoms with Crippen LogP contribution in [0.25, 0.3) is 0 Å². The summed E-state index contributed by atoms with van der Waals surface area (Å²) < 4.78 is 0. The van der Waals surface area contributed by atoms with Crippen molar-refractivity contribution in [3.8, 4) is 0 Å². The van der Waals surface area contributed by atoms with Crippen LogP contribution in [0.3, 0.4) is 0 Å². The Balaban J connectivity index is 2.07. The Bertz CT molecular complexity index is 861. The molecule has 0 aromatic heterocycles. The number of rotatable bonds is 5. The lowest BCUT2D eigenvalue weighted by atomic mass is 9.60. The zero-order chi connectivity index (χ0) is 18.5. The van der Waals surface area contributed by atoms with Crippen molar-refractivity contribution in [2.45, 2.75) is 18.3 Å². The van der Waals surface area contributed by atoms with Gasteiger partial charge in [0.2, 0.25) is 0 Å². The first-order chi connectivity index (χ1) is 13.3. The van der Waals surface area contributed by atoms with E-state index in [0.29, 0.717) is 0 Å². The van der Waals surface area contributed by atoms with Crippen molar-refractivity contribution < 1.29 is 0 Å². The molecule has 0 heterocycles. The van der Waals surface area contributed by atoms with Gasteiger partial charge in [0, 0.05) is 0 Å². The van der Waals surface area contributed by atoms with E-state index in [2.05, 4.69) is 128 Å². The summed E-state index contributed by atoms with van der Waals surface area (Å²) in [5.41, 5.74) is 5.04. The molecule has 0 bridgehead atoms. The minimum Gasteiger partial charge on any atom is -0.0622 e. The number of hydrogen-bond acceptors (Lipinski definition) is 0. The summed E-state index contributed by atoms with van der Waals surface area (Å²) in [6, 6.07) is 43.6. The fraction of sp³-hybridized carbons (Fsp3) is 0.111. The minimum absolute atomic E-state index is 0.259. The molecule has 0 N–H and O–H groups in total. The summed E-state index contributed by atoms with van der Waals surface area (Å²) >= 11 is 0. The third-order valence-corrected chi connectivity index (χ3v) is 5.64. The Kier molecular flexibility index (Phi) is 4.89. The van der Waals surface area contributed by atoms with Gasteiger partial charge in [-0.3, -0.25) is 0 Å². The average molecular weight is 348 g/mol. The largest absolute Gasteiger partial charge is 0.0622 e. The molecule has 0 radical (unpaired) electrons. The highest BCUT2D eigenvalue weighted by atomic mass is 14.4. The molecule has 0 amide bonds. The summed E-state index contributed by atoms with van der Waals surface area (Å²) in [4.78, 5) is 0. The van der Waals surface area contributed by atoms with E-state index < -0.39 is 0 Å². The van der Waals surface area contributed by atoms with Gasteiger partial charge in [-0.1, -0.05) is 128 Å². The first kappa shape index (κ1) is 17.3. The van der Waals surface area contributed by atoms with E-state index in [-0.39, 0.29) is 11.3 Å². The Morgan fingerprint density at radius 3 is 1.07 bits per heavy atom. The number of hydrogen-bond donors (Lipinski definition) is 0. The second-order valence-corrected chi connectivity index (χ2v) is 7.04. The van der Waals surface area contributed by atoms with Crippen molar-refractivity contribution in [1.29, 1.82) is 0 Å².